The second-order valence-electron chi connectivity index (χ2n) is 9.07. The van der Waals surface area contributed by atoms with Crippen molar-refractivity contribution in [2.75, 3.05) is 0 Å². The van der Waals surface area contributed by atoms with Crippen molar-refractivity contribution in [3.63, 3.8) is 0 Å². The van der Waals surface area contributed by atoms with Crippen LogP contribution in [0, 0.1) is 0 Å². The molecule has 0 fully saturated rings. The summed E-state index contributed by atoms with van der Waals surface area (Å²) in [4.78, 5) is 0. The fourth-order valence-electron chi connectivity index (χ4n) is 4.22. The van der Waals surface area contributed by atoms with Crippen LogP contribution in [0.15, 0.2) is 121 Å². The molecule has 0 saturated heterocycles. The van der Waals surface area contributed by atoms with Crippen LogP contribution in [-0.2, 0) is 13.6 Å². The maximum absolute atomic E-state index is 13.8. The van der Waals surface area contributed by atoms with Gasteiger partial charge in [-0.05, 0) is 11.1 Å². The summed E-state index contributed by atoms with van der Waals surface area (Å²) in [6.45, 7) is 0. The van der Waals surface area contributed by atoms with E-state index in [1.807, 2.05) is 0 Å². The number of alkyl halides is 6. The lowest BCUT2D eigenvalue weighted by Crippen LogP contribution is -2.10. The molecular weight excluding hydrogens is 577 g/mol. The lowest BCUT2D eigenvalue weighted by atomic mass is 9.98. The Morgan fingerprint density at radius 2 is 0.738 bits per heavy atom. The van der Waals surface area contributed by atoms with E-state index in [4.69, 9.17) is 9.05 Å². The van der Waals surface area contributed by atoms with Gasteiger partial charge < -0.3 is 0 Å². The van der Waals surface area contributed by atoms with Crippen LogP contribution >= 0.6 is 8.25 Å². The standard InChI is InChI=1S/C32H24F6O3P/c33-31(34,35)21-27(23-13-5-1-6-14-23)29(25-17-9-3-10-18-25)40-42(39)41-30(26-19-11-4-12-20-26)28(22-32(36,37)38)24-15-7-2-8-16-24/h1-20H,21-22H2/q+1. The third-order valence-corrected chi connectivity index (χ3v) is 6.61. The number of hydrogen-bond acceptors (Lipinski definition) is 3. The van der Waals surface area contributed by atoms with Crippen LogP contribution in [0.1, 0.15) is 35.1 Å². The molecule has 0 spiro atoms. The Morgan fingerprint density at radius 1 is 0.476 bits per heavy atom. The van der Waals surface area contributed by atoms with Crippen LogP contribution in [0.3, 0.4) is 0 Å². The van der Waals surface area contributed by atoms with E-state index in [0.29, 0.717) is 0 Å². The molecule has 0 unspecified atom stereocenters. The van der Waals surface area contributed by atoms with Gasteiger partial charge in [-0.1, -0.05) is 121 Å². The van der Waals surface area contributed by atoms with Gasteiger partial charge in [-0.15, -0.1) is 0 Å². The molecule has 3 nitrogen and oxygen atoms in total. The van der Waals surface area contributed by atoms with Crippen LogP contribution < -0.4 is 0 Å². The minimum absolute atomic E-state index is 0.165. The molecule has 216 valence electrons. The second-order valence-corrected chi connectivity index (χ2v) is 9.88. The number of halogens is 6. The molecular formula is C32H24F6O3P+. The van der Waals surface area contributed by atoms with Gasteiger partial charge >= 0.3 is 20.6 Å². The Morgan fingerprint density at radius 3 is 1.00 bits per heavy atom. The lowest BCUT2D eigenvalue weighted by molar-refractivity contribution is -0.124. The zero-order chi connectivity index (χ0) is 30.2. The number of benzene rings is 4. The van der Waals surface area contributed by atoms with Gasteiger partial charge in [0, 0.05) is 26.8 Å². The topological polar surface area (TPSA) is 35.5 Å². The Balaban J connectivity index is 1.86. The summed E-state index contributed by atoms with van der Waals surface area (Å²) in [5, 5.41) is 0. The molecule has 0 N–H and O–H groups in total. The zero-order valence-corrected chi connectivity index (χ0v) is 22.8. The molecule has 42 heavy (non-hydrogen) atoms. The minimum Gasteiger partial charge on any atom is -0.221 e. The summed E-state index contributed by atoms with van der Waals surface area (Å²) < 4.78 is 107. The molecule has 0 aliphatic rings. The molecule has 0 amide bonds. The molecule has 4 rings (SSSR count). The lowest BCUT2D eigenvalue weighted by Gasteiger charge is -2.15. The van der Waals surface area contributed by atoms with Crippen LogP contribution in [0.2, 0.25) is 0 Å². The number of hydrogen-bond donors (Lipinski definition) is 0. The van der Waals surface area contributed by atoms with Gasteiger partial charge in [-0.25, -0.2) is 9.05 Å². The predicted octanol–water partition coefficient (Wildman–Crippen LogP) is 10.7. The van der Waals surface area contributed by atoms with E-state index in [9.17, 15) is 30.9 Å². The van der Waals surface area contributed by atoms with Crippen molar-refractivity contribution in [2.45, 2.75) is 25.2 Å². The van der Waals surface area contributed by atoms with Gasteiger partial charge in [0.2, 0.25) is 11.5 Å². The van der Waals surface area contributed by atoms with E-state index >= 15 is 0 Å². The molecule has 10 heteroatoms. The van der Waals surface area contributed by atoms with Gasteiger partial charge in [0.25, 0.3) is 0 Å². The fourth-order valence-corrected chi connectivity index (χ4v) is 4.98. The van der Waals surface area contributed by atoms with Gasteiger partial charge in [-0.3, -0.25) is 0 Å². The zero-order valence-electron chi connectivity index (χ0n) is 21.9. The van der Waals surface area contributed by atoms with Crippen LogP contribution in [0.5, 0.6) is 0 Å². The Hall–Kier alpha value is -4.36. The van der Waals surface area contributed by atoms with Crippen LogP contribution in [0.25, 0.3) is 22.7 Å². The molecule has 0 aromatic heterocycles. The highest BCUT2D eigenvalue weighted by molar-refractivity contribution is 7.34. The average Bonchev–Trinajstić information content (AvgIpc) is 2.97. The molecule has 0 radical (unpaired) electrons. The van der Waals surface area contributed by atoms with Crippen molar-refractivity contribution < 1.29 is 40.0 Å². The summed E-state index contributed by atoms with van der Waals surface area (Å²) in [6.07, 6.45) is -12.2. The molecule has 4 aromatic carbocycles. The summed E-state index contributed by atoms with van der Waals surface area (Å²) in [7, 11) is -3.34. The van der Waals surface area contributed by atoms with Crippen molar-refractivity contribution in [3.8, 4) is 0 Å². The third kappa shape index (κ3) is 8.82. The minimum atomic E-state index is -4.66. The van der Waals surface area contributed by atoms with Crippen molar-refractivity contribution in [1.29, 1.82) is 0 Å². The first-order valence-corrected chi connectivity index (χ1v) is 13.7. The Labute approximate surface area is 239 Å². The molecule has 0 aliphatic heterocycles. The Kier molecular flexibility index (Phi) is 9.86. The van der Waals surface area contributed by atoms with E-state index in [1.165, 1.54) is 48.5 Å². The Bertz CT molecular complexity index is 1420. The van der Waals surface area contributed by atoms with Crippen molar-refractivity contribution in [3.05, 3.63) is 144 Å². The fraction of sp³-hybridized carbons (Fsp3) is 0.125. The first-order chi connectivity index (χ1) is 20.0. The third-order valence-electron chi connectivity index (χ3n) is 5.95. The highest BCUT2D eigenvalue weighted by atomic mass is 31.1. The SMILES string of the molecule is O=[P+](OC(=C(CC(F)(F)F)c1ccccc1)c1ccccc1)OC(=C(CC(F)(F)F)c1ccccc1)c1ccccc1. The first kappa shape index (κ1) is 30.6. The molecule has 0 heterocycles. The second kappa shape index (κ2) is 13.5. The molecule has 4 aromatic rings. The monoisotopic (exact) mass is 601 g/mol. The summed E-state index contributed by atoms with van der Waals surface area (Å²) in [5.41, 5.74) is 0.0544. The summed E-state index contributed by atoms with van der Waals surface area (Å²) in [5.74, 6) is -0.741. The average molecular weight is 602 g/mol. The van der Waals surface area contributed by atoms with E-state index in [2.05, 4.69) is 0 Å². The normalized spacial score (nSPS) is 13.5. The summed E-state index contributed by atoms with van der Waals surface area (Å²) >= 11 is 0. The van der Waals surface area contributed by atoms with Gasteiger partial charge in [-0.2, -0.15) is 26.3 Å². The molecule has 0 bridgehead atoms. The van der Waals surface area contributed by atoms with Gasteiger partial charge in [0.15, 0.2) is 0 Å². The predicted molar refractivity (Wildman–Crippen MR) is 151 cm³/mol. The van der Waals surface area contributed by atoms with Gasteiger partial charge in [0.1, 0.15) is 0 Å². The molecule has 0 aliphatic carbocycles. The van der Waals surface area contributed by atoms with Crippen LogP contribution in [-0.4, -0.2) is 12.4 Å². The van der Waals surface area contributed by atoms with E-state index in [1.54, 1.807) is 72.8 Å². The van der Waals surface area contributed by atoms with Gasteiger partial charge in [0.05, 0.1) is 12.8 Å². The van der Waals surface area contributed by atoms with E-state index in [-0.39, 0.29) is 44.9 Å². The first-order valence-electron chi connectivity index (χ1n) is 12.6. The summed E-state index contributed by atoms with van der Waals surface area (Å²) in [6, 6.07) is 30.7. The largest absolute Gasteiger partial charge is 0.805 e. The highest BCUT2D eigenvalue weighted by Crippen LogP contribution is 2.46. The van der Waals surface area contributed by atoms with Crippen LogP contribution in [0.4, 0.5) is 26.3 Å². The highest BCUT2D eigenvalue weighted by Gasteiger charge is 2.38. The number of allylic oxidation sites excluding steroid dienone is 2. The maximum atomic E-state index is 13.8. The quantitative estimate of drug-likeness (QED) is 0.0785. The smallest absolute Gasteiger partial charge is 0.221 e. The van der Waals surface area contributed by atoms with Crippen molar-refractivity contribution in [2.24, 2.45) is 0 Å². The van der Waals surface area contributed by atoms with E-state index < -0.39 is 33.4 Å². The molecule has 0 saturated carbocycles. The number of rotatable bonds is 10. The molecule has 0 atom stereocenters. The maximum Gasteiger partial charge on any atom is 0.805 e. The van der Waals surface area contributed by atoms with E-state index in [0.717, 1.165) is 0 Å². The van der Waals surface area contributed by atoms with Crippen molar-refractivity contribution in [1.82, 2.24) is 0 Å². The van der Waals surface area contributed by atoms with Crippen molar-refractivity contribution >= 4 is 30.9 Å².